The molecule has 0 aliphatic carbocycles. The highest BCUT2D eigenvalue weighted by Crippen LogP contribution is 2.18. The molecule has 0 aliphatic rings. The van der Waals surface area contributed by atoms with Crippen LogP contribution in [-0.4, -0.2) is 29.8 Å². The number of anilines is 1. The topological polar surface area (TPSA) is 49.4 Å². The molecule has 2 aromatic carbocycles. The molecular weight excluding hydrogens is 252 g/mol. The first-order valence-corrected chi connectivity index (χ1v) is 6.74. The maximum Gasteiger partial charge on any atom is 0.313 e. The molecule has 2 aromatic rings. The number of carbonyl (C=O) groups is 2. The molecule has 0 bridgehead atoms. The molecule has 0 unspecified atom stereocenters. The molecule has 1 N–H and O–H groups in total. The lowest BCUT2D eigenvalue weighted by molar-refractivity contribution is -0.142. The van der Waals surface area contributed by atoms with Crippen LogP contribution in [0.25, 0.3) is 10.8 Å². The molecule has 104 valence electrons. The standard InChI is InChI=1S/C16H18N2O2/c1-3-18(4-2)16(20)15(19)17-14-10-9-12-7-5-6-8-13(12)11-14/h5-11H,3-4H2,1-2H3,(H,17,19). The van der Waals surface area contributed by atoms with E-state index in [1.807, 2.05) is 50.2 Å². The summed E-state index contributed by atoms with van der Waals surface area (Å²) in [5.74, 6) is -1.09. The van der Waals surface area contributed by atoms with E-state index >= 15 is 0 Å². The number of benzene rings is 2. The molecule has 0 atom stereocenters. The van der Waals surface area contributed by atoms with Gasteiger partial charge in [-0.3, -0.25) is 9.59 Å². The van der Waals surface area contributed by atoms with Crippen molar-refractivity contribution in [1.82, 2.24) is 4.90 Å². The Morgan fingerprint density at radius 2 is 1.65 bits per heavy atom. The fraction of sp³-hybridized carbons (Fsp3) is 0.250. The predicted molar refractivity (Wildman–Crippen MR) is 80.5 cm³/mol. The fourth-order valence-corrected chi connectivity index (χ4v) is 2.11. The van der Waals surface area contributed by atoms with Gasteiger partial charge in [0.25, 0.3) is 0 Å². The van der Waals surface area contributed by atoms with Crippen LogP contribution in [0, 0.1) is 0 Å². The Labute approximate surface area is 118 Å². The first-order valence-electron chi connectivity index (χ1n) is 6.74. The quantitative estimate of drug-likeness (QED) is 0.872. The molecule has 0 radical (unpaired) electrons. The average Bonchev–Trinajstić information content (AvgIpc) is 2.48. The number of likely N-dealkylation sites (N-methyl/N-ethyl adjacent to an activating group) is 1. The second-order valence-electron chi connectivity index (χ2n) is 4.49. The van der Waals surface area contributed by atoms with Crippen LogP contribution in [-0.2, 0) is 9.59 Å². The zero-order valence-electron chi connectivity index (χ0n) is 11.7. The van der Waals surface area contributed by atoms with E-state index in [1.165, 1.54) is 4.90 Å². The summed E-state index contributed by atoms with van der Waals surface area (Å²) in [5, 5.41) is 4.78. The molecule has 0 aliphatic heterocycles. The lowest BCUT2D eigenvalue weighted by atomic mass is 10.1. The van der Waals surface area contributed by atoms with Crippen LogP contribution in [0.1, 0.15) is 13.8 Å². The van der Waals surface area contributed by atoms with E-state index in [1.54, 1.807) is 6.07 Å². The Kier molecular flexibility index (Phi) is 4.35. The monoisotopic (exact) mass is 270 g/mol. The summed E-state index contributed by atoms with van der Waals surface area (Å²) in [6, 6.07) is 13.5. The molecule has 0 saturated carbocycles. The van der Waals surface area contributed by atoms with Gasteiger partial charge in [-0.05, 0) is 36.8 Å². The summed E-state index contributed by atoms with van der Waals surface area (Å²) in [6.07, 6.45) is 0. The van der Waals surface area contributed by atoms with Crippen LogP contribution < -0.4 is 5.32 Å². The van der Waals surface area contributed by atoms with E-state index in [0.717, 1.165) is 10.8 Å². The van der Waals surface area contributed by atoms with Crippen LogP contribution in [0.2, 0.25) is 0 Å². The van der Waals surface area contributed by atoms with Crippen LogP contribution in [0.5, 0.6) is 0 Å². The summed E-state index contributed by atoms with van der Waals surface area (Å²) in [5.41, 5.74) is 0.634. The number of hydrogen-bond acceptors (Lipinski definition) is 2. The molecule has 4 nitrogen and oxygen atoms in total. The lowest BCUT2D eigenvalue weighted by Crippen LogP contribution is -2.39. The first-order chi connectivity index (χ1) is 9.65. The molecule has 0 spiro atoms. The van der Waals surface area contributed by atoms with Gasteiger partial charge in [-0.1, -0.05) is 30.3 Å². The molecule has 2 rings (SSSR count). The number of amides is 2. The van der Waals surface area contributed by atoms with Crippen LogP contribution >= 0.6 is 0 Å². The lowest BCUT2D eigenvalue weighted by Gasteiger charge is -2.17. The van der Waals surface area contributed by atoms with Crippen molar-refractivity contribution in [2.45, 2.75) is 13.8 Å². The van der Waals surface area contributed by atoms with Crippen molar-refractivity contribution in [1.29, 1.82) is 0 Å². The van der Waals surface area contributed by atoms with Crippen molar-refractivity contribution >= 4 is 28.3 Å². The third-order valence-electron chi connectivity index (χ3n) is 3.25. The van der Waals surface area contributed by atoms with Crippen molar-refractivity contribution in [3.63, 3.8) is 0 Å². The van der Waals surface area contributed by atoms with E-state index in [9.17, 15) is 9.59 Å². The Balaban J connectivity index is 2.15. The van der Waals surface area contributed by atoms with Gasteiger partial charge >= 0.3 is 11.8 Å². The van der Waals surface area contributed by atoms with Crippen LogP contribution in [0.3, 0.4) is 0 Å². The summed E-state index contributed by atoms with van der Waals surface area (Å²) in [7, 11) is 0. The average molecular weight is 270 g/mol. The van der Waals surface area contributed by atoms with Gasteiger partial charge < -0.3 is 10.2 Å². The summed E-state index contributed by atoms with van der Waals surface area (Å²) in [6.45, 7) is 4.76. The minimum Gasteiger partial charge on any atom is -0.335 e. The smallest absolute Gasteiger partial charge is 0.313 e. The van der Waals surface area contributed by atoms with Gasteiger partial charge in [0.2, 0.25) is 0 Å². The van der Waals surface area contributed by atoms with Gasteiger partial charge in [0.1, 0.15) is 0 Å². The normalized spacial score (nSPS) is 10.3. The molecule has 0 saturated heterocycles. The second kappa shape index (κ2) is 6.19. The van der Waals surface area contributed by atoms with E-state index in [0.29, 0.717) is 18.8 Å². The van der Waals surface area contributed by atoms with E-state index in [2.05, 4.69) is 5.32 Å². The molecular formula is C16H18N2O2. The van der Waals surface area contributed by atoms with Gasteiger partial charge in [-0.25, -0.2) is 0 Å². The summed E-state index contributed by atoms with van der Waals surface area (Å²) in [4.78, 5) is 25.3. The third-order valence-corrected chi connectivity index (χ3v) is 3.25. The Morgan fingerprint density at radius 1 is 1.00 bits per heavy atom. The number of rotatable bonds is 3. The van der Waals surface area contributed by atoms with Gasteiger partial charge in [0, 0.05) is 18.8 Å². The minimum absolute atomic E-state index is 0.497. The molecule has 4 heteroatoms. The Hall–Kier alpha value is -2.36. The highest BCUT2D eigenvalue weighted by atomic mass is 16.2. The Morgan fingerprint density at radius 3 is 2.30 bits per heavy atom. The zero-order valence-corrected chi connectivity index (χ0v) is 11.7. The highest BCUT2D eigenvalue weighted by Gasteiger charge is 2.19. The largest absolute Gasteiger partial charge is 0.335 e. The maximum atomic E-state index is 11.9. The van der Waals surface area contributed by atoms with Gasteiger partial charge in [0.05, 0.1) is 0 Å². The number of hydrogen-bond donors (Lipinski definition) is 1. The molecule has 0 aromatic heterocycles. The van der Waals surface area contributed by atoms with Crippen LogP contribution in [0.4, 0.5) is 5.69 Å². The summed E-state index contributed by atoms with van der Waals surface area (Å²) < 4.78 is 0. The van der Waals surface area contributed by atoms with Gasteiger partial charge in [-0.2, -0.15) is 0 Å². The molecule has 0 heterocycles. The third kappa shape index (κ3) is 2.96. The zero-order chi connectivity index (χ0) is 14.5. The number of nitrogens with one attached hydrogen (secondary N) is 1. The van der Waals surface area contributed by atoms with Crippen molar-refractivity contribution < 1.29 is 9.59 Å². The number of nitrogens with zero attached hydrogens (tertiary/aromatic N) is 1. The highest BCUT2D eigenvalue weighted by molar-refractivity contribution is 6.39. The number of carbonyl (C=O) groups excluding carboxylic acids is 2. The van der Waals surface area contributed by atoms with E-state index in [-0.39, 0.29) is 0 Å². The number of fused-ring (bicyclic) bond motifs is 1. The van der Waals surface area contributed by atoms with Crippen molar-refractivity contribution in [3.8, 4) is 0 Å². The van der Waals surface area contributed by atoms with Crippen molar-refractivity contribution in [2.75, 3.05) is 18.4 Å². The minimum atomic E-state index is -0.594. The molecule has 2 amide bonds. The predicted octanol–water partition coefficient (Wildman–Crippen LogP) is 2.65. The van der Waals surface area contributed by atoms with E-state index < -0.39 is 11.8 Å². The van der Waals surface area contributed by atoms with Crippen molar-refractivity contribution in [2.24, 2.45) is 0 Å². The van der Waals surface area contributed by atoms with Crippen molar-refractivity contribution in [3.05, 3.63) is 42.5 Å². The Bertz CT molecular complexity index is 633. The maximum absolute atomic E-state index is 11.9. The summed E-state index contributed by atoms with van der Waals surface area (Å²) >= 11 is 0. The SMILES string of the molecule is CCN(CC)C(=O)C(=O)Nc1ccc2ccccc2c1. The van der Waals surface area contributed by atoms with Crippen LogP contribution in [0.15, 0.2) is 42.5 Å². The molecule has 0 fully saturated rings. The molecule has 20 heavy (non-hydrogen) atoms. The first kappa shape index (κ1) is 14.1. The fourth-order valence-electron chi connectivity index (χ4n) is 2.11. The van der Waals surface area contributed by atoms with Gasteiger partial charge in [0.15, 0.2) is 0 Å². The van der Waals surface area contributed by atoms with Gasteiger partial charge in [-0.15, -0.1) is 0 Å². The van der Waals surface area contributed by atoms with E-state index in [4.69, 9.17) is 0 Å². The second-order valence-corrected chi connectivity index (χ2v) is 4.49.